The summed E-state index contributed by atoms with van der Waals surface area (Å²) in [5, 5.41) is 2.32. The highest BCUT2D eigenvalue weighted by molar-refractivity contribution is 7.12. The zero-order valence-corrected chi connectivity index (χ0v) is 10.7. The molecule has 0 bridgehead atoms. The molecule has 88 valence electrons. The first-order chi connectivity index (χ1) is 8.20. The molecule has 3 nitrogen and oxygen atoms in total. The highest BCUT2D eigenvalue weighted by Crippen LogP contribution is 2.23. The average Bonchev–Trinajstić information content (AvgIpc) is 2.76. The summed E-state index contributed by atoms with van der Waals surface area (Å²) >= 11 is 7.26. The molecule has 0 spiro atoms. The molecule has 0 radical (unpaired) electrons. The van der Waals surface area contributed by atoms with E-state index in [2.05, 4.69) is 4.98 Å². The smallest absolute Gasteiger partial charge is 0.212 e. The van der Waals surface area contributed by atoms with Crippen LogP contribution in [0.15, 0.2) is 29.8 Å². The second-order valence-corrected chi connectivity index (χ2v) is 4.73. The average molecular weight is 268 g/mol. The maximum Gasteiger partial charge on any atom is 0.212 e. The molecule has 0 saturated carbocycles. The molecule has 0 aromatic carbocycles. The minimum absolute atomic E-state index is 0.0111. The molecule has 2 aromatic heterocycles. The molecule has 17 heavy (non-hydrogen) atoms. The topological polar surface area (TPSA) is 39.2 Å². The van der Waals surface area contributed by atoms with E-state index in [1.54, 1.807) is 25.4 Å². The largest absolute Gasteiger partial charge is 0.481 e. The van der Waals surface area contributed by atoms with E-state index in [0.29, 0.717) is 22.2 Å². The monoisotopic (exact) mass is 267 g/mol. The lowest BCUT2D eigenvalue weighted by atomic mass is 10.1. The Labute approximate surface area is 108 Å². The van der Waals surface area contributed by atoms with Gasteiger partial charge in [-0.1, -0.05) is 17.7 Å². The molecule has 0 aliphatic rings. The first-order valence-electron chi connectivity index (χ1n) is 4.96. The van der Waals surface area contributed by atoms with Crippen LogP contribution in [0.3, 0.4) is 0 Å². The summed E-state index contributed by atoms with van der Waals surface area (Å²) in [7, 11) is 1.55. The van der Waals surface area contributed by atoms with Gasteiger partial charge in [0.05, 0.1) is 17.0 Å². The summed E-state index contributed by atoms with van der Waals surface area (Å²) in [6, 6.07) is 5.29. The fraction of sp³-hybridized carbons (Fsp3) is 0.167. The van der Waals surface area contributed by atoms with Gasteiger partial charge in [0, 0.05) is 18.7 Å². The molecule has 0 fully saturated rings. The van der Waals surface area contributed by atoms with E-state index in [-0.39, 0.29) is 5.78 Å². The van der Waals surface area contributed by atoms with Crippen molar-refractivity contribution in [2.75, 3.05) is 7.11 Å². The van der Waals surface area contributed by atoms with Gasteiger partial charge in [-0.2, -0.15) is 0 Å². The molecule has 5 heteroatoms. The van der Waals surface area contributed by atoms with Crippen LogP contribution in [0.1, 0.15) is 15.2 Å². The van der Waals surface area contributed by atoms with Gasteiger partial charge in [-0.3, -0.25) is 4.79 Å². The standard InChI is InChI=1S/C12H10ClNO2S/c1-16-11-3-2-8(7-14-11)6-10(15)12-9(13)4-5-17-12/h2-5,7H,6H2,1H3. The van der Waals surface area contributed by atoms with Gasteiger partial charge in [0.2, 0.25) is 5.88 Å². The maximum atomic E-state index is 11.9. The van der Waals surface area contributed by atoms with Crippen molar-refractivity contribution in [2.45, 2.75) is 6.42 Å². The highest BCUT2D eigenvalue weighted by Gasteiger charge is 2.12. The minimum Gasteiger partial charge on any atom is -0.481 e. The summed E-state index contributed by atoms with van der Waals surface area (Å²) in [4.78, 5) is 16.6. The third-order valence-electron chi connectivity index (χ3n) is 2.24. The number of ether oxygens (including phenoxy) is 1. The number of ketones is 1. The van der Waals surface area contributed by atoms with Crippen LogP contribution in [-0.4, -0.2) is 17.9 Å². The number of thiophene rings is 1. The van der Waals surface area contributed by atoms with E-state index in [0.717, 1.165) is 5.56 Å². The Morgan fingerprint density at radius 3 is 2.82 bits per heavy atom. The van der Waals surface area contributed by atoms with E-state index in [9.17, 15) is 4.79 Å². The second-order valence-electron chi connectivity index (χ2n) is 3.41. The number of carbonyl (C=O) groups excluding carboxylic acids is 1. The summed E-state index contributed by atoms with van der Waals surface area (Å²) in [5.41, 5.74) is 0.847. The van der Waals surface area contributed by atoms with Crippen molar-refractivity contribution in [3.8, 4) is 5.88 Å². The van der Waals surface area contributed by atoms with Crippen LogP contribution in [0.4, 0.5) is 0 Å². The van der Waals surface area contributed by atoms with E-state index in [4.69, 9.17) is 16.3 Å². The number of rotatable bonds is 4. The number of aromatic nitrogens is 1. The molecule has 0 saturated heterocycles. The Kier molecular flexibility index (Phi) is 3.76. The van der Waals surface area contributed by atoms with E-state index < -0.39 is 0 Å². The SMILES string of the molecule is COc1ccc(CC(=O)c2sccc2Cl)cn1. The van der Waals surface area contributed by atoms with E-state index in [1.807, 2.05) is 11.4 Å². The summed E-state index contributed by atoms with van der Waals surface area (Å²) in [6.07, 6.45) is 1.94. The fourth-order valence-electron chi connectivity index (χ4n) is 1.39. The van der Waals surface area contributed by atoms with Gasteiger partial charge in [0.15, 0.2) is 5.78 Å². The number of halogens is 1. The fourth-order valence-corrected chi connectivity index (χ4v) is 2.50. The number of Topliss-reactive ketones (excluding diaryl/α,β-unsaturated/α-hetero) is 1. The second kappa shape index (κ2) is 5.29. The molecule has 2 aromatic rings. The van der Waals surface area contributed by atoms with Crippen molar-refractivity contribution in [3.63, 3.8) is 0 Å². The molecule has 0 aliphatic carbocycles. The lowest BCUT2D eigenvalue weighted by Gasteiger charge is -2.01. The summed E-state index contributed by atoms with van der Waals surface area (Å²) in [5.74, 6) is 0.548. The van der Waals surface area contributed by atoms with Crippen LogP contribution in [0, 0.1) is 0 Å². The minimum atomic E-state index is 0.0111. The Hall–Kier alpha value is -1.39. The predicted molar refractivity (Wildman–Crippen MR) is 68.2 cm³/mol. The first kappa shape index (κ1) is 12.1. The van der Waals surface area contributed by atoms with E-state index in [1.165, 1.54) is 11.3 Å². The zero-order valence-electron chi connectivity index (χ0n) is 9.14. The van der Waals surface area contributed by atoms with Crippen LogP contribution in [-0.2, 0) is 6.42 Å². The van der Waals surface area contributed by atoms with Crippen LogP contribution >= 0.6 is 22.9 Å². The van der Waals surface area contributed by atoms with Gasteiger partial charge in [0.25, 0.3) is 0 Å². The van der Waals surface area contributed by atoms with Crippen LogP contribution < -0.4 is 4.74 Å². The lowest BCUT2D eigenvalue weighted by molar-refractivity contribution is 0.0997. The Bertz CT molecular complexity index is 522. The van der Waals surface area contributed by atoms with Crippen molar-refractivity contribution >= 4 is 28.7 Å². The maximum absolute atomic E-state index is 11.9. The molecule has 0 amide bonds. The molecule has 0 aliphatic heterocycles. The molecular weight excluding hydrogens is 258 g/mol. The van der Waals surface area contributed by atoms with Gasteiger partial charge in [-0.05, 0) is 17.0 Å². The Morgan fingerprint density at radius 2 is 2.29 bits per heavy atom. The summed E-state index contributed by atoms with van der Waals surface area (Å²) in [6.45, 7) is 0. The molecular formula is C12H10ClNO2S. The van der Waals surface area contributed by atoms with Gasteiger partial charge in [-0.25, -0.2) is 4.98 Å². The molecule has 2 heterocycles. The number of pyridine rings is 1. The summed E-state index contributed by atoms with van der Waals surface area (Å²) < 4.78 is 4.95. The zero-order chi connectivity index (χ0) is 12.3. The van der Waals surface area contributed by atoms with Crippen molar-refractivity contribution < 1.29 is 9.53 Å². The molecule has 0 N–H and O–H groups in total. The van der Waals surface area contributed by atoms with Gasteiger partial charge in [0.1, 0.15) is 0 Å². The Balaban J connectivity index is 2.10. The van der Waals surface area contributed by atoms with Crippen molar-refractivity contribution in [1.29, 1.82) is 0 Å². The number of hydrogen-bond acceptors (Lipinski definition) is 4. The van der Waals surface area contributed by atoms with Gasteiger partial charge >= 0.3 is 0 Å². The molecule has 0 atom stereocenters. The highest BCUT2D eigenvalue weighted by atomic mass is 35.5. The Morgan fingerprint density at radius 1 is 1.47 bits per heavy atom. The van der Waals surface area contributed by atoms with Crippen molar-refractivity contribution in [3.05, 3.63) is 45.2 Å². The van der Waals surface area contributed by atoms with Gasteiger partial charge in [-0.15, -0.1) is 11.3 Å². The van der Waals surface area contributed by atoms with Crippen molar-refractivity contribution in [2.24, 2.45) is 0 Å². The number of nitrogens with zero attached hydrogens (tertiary/aromatic N) is 1. The van der Waals surface area contributed by atoms with Crippen LogP contribution in [0.5, 0.6) is 5.88 Å². The first-order valence-corrected chi connectivity index (χ1v) is 6.21. The molecule has 2 rings (SSSR count). The van der Waals surface area contributed by atoms with Gasteiger partial charge < -0.3 is 4.74 Å². The number of carbonyl (C=O) groups is 1. The van der Waals surface area contributed by atoms with Crippen LogP contribution in [0.2, 0.25) is 5.02 Å². The van der Waals surface area contributed by atoms with Crippen molar-refractivity contribution in [1.82, 2.24) is 4.98 Å². The number of methoxy groups -OCH3 is 1. The molecule has 0 unspecified atom stereocenters. The van der Waals surface area contributed by atoms with Crippen LogP contribution in [0.25, 0.3) is 0 Å². The lowest BCUT2D eigenvalue weighted by Crippen LogP contribution is -2.02. The third-order valence-corrected chi connectivity index (χ3v) is 3.62. The third kappa shape index (κ3) is 2.84. The van der Waals surface area contributed by atoms with E-state index >= 15 is 0 Å². The normalized spacial score (nSPS) is 10.2. The quantitative estimate of drug-likeness (QED) is 0.799. The predicted octanol–water partition coefficient (Wildman–Crippen LogP) is 3.23. The number of hydrogen-bond donors (Lipinski definition) is 0.